The second kappa shape index (κ2) is 46.0. The molecule has 17 bridgehead atoms. The van der Waals surface area contributed by atoms with Gasteiger partial charge in [0.25, 0.3) is 0 Å². The topological polar surface area (TPSA) is 574 Å². The minimum Gasteiger partial charge on any atom is -0.547 e. The number of aliphatic hydroxyl groups excluding tert-OH is 7. The fraction of sp³-hybridized carbons (Fsp3) is 0.490. The molecular formula is C100H122Cl2N13O28P. The second-order valence-corrected chi connectivity index (χ2v) is 41.9. The van der Waals surface area contributed by atoms with Gasteiger partial charge in [-0.3, -0.25) is 42.9 Å². The van der Waals surface area contributed by atoms with Crippen molar-refractivity contribution in [1.82, 2.24) is 66.8 Å². The van der Waals surface area contributed by atoms with Crippen LogP contribution in [0.15, 0.2) is 115 Å². The molecular weight excluding hydrogens is 1930 g/mol. The van der Waals surface area contributed by atoms with E-state index in [9.17, 15) is 65.8 Å². The zero-order valence-corrected chi connectivity index (χ0v) is 82.3. The Bertz CT molecular complexity index is 5860. The van der Waals surface area contributed by atoms with E-state index in [0.717, 1.165) is 125 Å². The number of aliphatic hydroxyl groups is 7. The Kier molecular flexibility index (Phi) is 33.6. The summed E-state index contributed by atoms with van der Waals surface area (Å²) in [6, 6.07) is 7.24. The molecule has 0 spiro atoms. The number of benzene rings is 7. The number of fused-ring (bicyclic) bond motifs is 14. The summed E-state index contributed by atoms with van der Waals surface area (Å²) in [7, 11) is 1.81. The number of carboxylic acids is 1. The van der Waals surface area contributed by atoms with Gasteiger partial charge < -0.3 is 147 Å². The number of carbonyl (C=O) groups is 9. The van der Waals surface area contributed by atoms with Gasteiger partial charge in [-0.15, -0.1) is 14.0 Å². The Labute approximate surface area is 840 Å². The van der Waals surface area contributed by atoms with E-state index in [1.165, 1.54) is 67.7 Å². The quantitative estimate of drug-likeness (QED) is 0.0224. The molecule has 0 aromatic heterocycles. The van der Waals surface area contributed by atoms with Crippen molar-refractivity contribution in [2.24, 2.45) is 5.92 Å². The van der Waals surface area contributed by atoms with Crippen molar-refractivity contribution in [1.29, 1.82) is 0 Å². The van der Waals surface area contributed by atoms with Crippen molar-refractivity contribution in [3.05, 3.63) is 164 Å². The van der Waals surface area contributed by atoms with Crippen LogP contribution in [-0.4, -0.2) is 277 Å². The molecule has 144 heavy (non-hydrogen) atoms. The third-order valence-electron chi connectivity index (χ3n) is 27.3. The SMILES string of the molecule is CN[C@@H]1C(=O)N[C@@H]2Cc3ccc(cc3)Oc3cc4cc(c3O[C@@H]3O[C@H](C(=O)[O-])[C@@H](O)[C@H](O)[C@H]3NC(=O)CCCCCCCCC(C)C)Oc3ccc(cc3Cl)[C@@H](O)[C@@H]3NC(=O)[C@H](NC(=O)[C@@H]4NC(=O)[C@@H](NC2=O)c2cc(cc(O[P+](N4CCCC4)(N4CCCC4)N4CCCC4)c2Cl)Oc2cc1ccc2O)c1ccc(O)c(c1)-c1c(O[C@H]2O[C@H](CO)[C@@H](O)[C@H](O)[C@@H]2O)cc(O)cc1[C@@H](C(=O)NCCCN(C)C)NC3=O. The average molecular weight is 2060 g/mol. The number of amides is 8. The molecule has 0 aliphatic carbocycles. The van der Waals surface area contributed by atoms with Gasteiger partial charge in [0, 0.05) is 87.5 Å². The molecule has 7 aromatic carbocycles. The number of nitrogens with zero attached hydrogens (tertiary/aromatic N) is 4. The largest absolute Gasteiger partial charge is 0.547 e. The molecule has 7 aromatic rings. The Balaban J connectivity index is 0.930. The number of hydrogen-bond acceptors (Lipinski definition) is 33. The third-order valence-corrected chi connectivity index (χ3v) is 31.8. The molecule has 18 rings (SSSR count). The average Bonchev–Trinajstić information content (AvgIpc) is 1.51. The van der Waals surface area contributed by atoms with Crippen LogP contribution in [0.4, 0.5) is 0 Å². The van der Waals surface area contributed by atoms with Gasteiger partial charge in [0.1, 0.15) is 132 Å². The minimum atomic E-state index is -3.22. The number of phenolic OH excluding ortho intramolecular Hbond substituents is 3. The maximum Gasteiger partial charge on any atom is 0.417 e. The van der Waals surface area contributed by atoms with Crippen LogP contribution < -0.4 is 81.2 Å². The summed E-state index contributed by atoms with van der Waals surface area (Å²) in [6.07, 6.45) is -11.2. The number of ether oxygens (including phenoxy) is 7. The number of halogens is 2. The van der Waals surface area contributed by atoms with Gasteiger partial charge in [-0.2, -0.15) is 0 Å². The highest BCUT2D eigenvalue weighted by Crippen LogP contribution is 2.71. The van der Waals surface area contributed by atoms with Gasteiger partial charge in [0.15, 0.2) is 23.0 Å². The highest BCUT2D eigenvalue weighted by Gasteiger charge is 2.63. The maximum absolute atomic E-state index is 17.4. The van der Waals surface area contributed by atoms with E-state index in [4.69, 9.17) is 60.9 Å². The molecule has 774 valence electrons. The summed E-state index contributed by atoms with van der Waals surface area (Å²) < 4.78 is 60.5. The molecule has 41 nitrogen and oxygen atoms in total. The number of hydrogen-bond donors (Lipinski definition) is 19. The monoisotopic (exact) mass is 2050 g/mol. The normalized spacial score (nSPS) is 26.5. The second-order valence-electron chi connectivity index (χ2n) is 38.2. The van der Waals surface area contributed by atoms with Crippen LogP contribution in [0.25, 0.3) is 11.1 Å². The molecule has 8 amide bonds. The lowest BCUT2D eigenvalue weighted by Crippen LogP contribution is -2.67. The zero-order valence-electron chi connectivity index (χ0n) is 79.9. The molecule has 11 aliphatic heterocycles. The molecule has 0 unspecified atom stereocenters. The third kappa shape index (κ3) is 23.1. The fourth-order valence-corrected chi connectivity index (χ4v) is 24.5. The molecule has 5 fully saturated rings. The van der Waals surface area contributed by atoms with Gasteiger partial charge in [-0.25, -0.2) is 0 Å². The number of likely N-dealkylation sites (N-methyl/N-ethyl adjacent to an activating group) is 1. The number of rotatable bonds is 27. The van der Waals surface area contributed by atoms with Gasteiger partial charge in [-0.1, -0.05) is 106 Å². The van der Waals surface area contributed by atoms with Crippen molar-refractivity contribution in [3.63, 3.8) is 0 Å². The highest BCUT2D eigenvalue weighted by atomic mass is 35.5. The van der Waals surface area contributed by atoms with Crippen molar-refractivity contribution < 1.29 is 137 Å². The lowest BCUT2D eigenvalue weighted by molar-refractivity contribution is -0.336. The van der Waals surface area contributed by atoms with Crippen LogP contribution in [0.5, 0.6) is 69.0 Å². The van der Waals surface area contributed by atoms with Crippen molar-refractivity contribution in [3.8, 4) is 80.1 Å². The minimum absolute atomic E-state index is 0.0817. The first kappa shape index (κ1) is 105. The van der Waals surface area contributed by atoms with E-state index in [2.05, 4.69) is 75.7 Å². The van der Waals surface area contributed by atoms with Crippen LogP contribution in [-0.2, 0) is 59.0 Å². The highest BCUT2D eigenvalue weighted by molar-refractivity contribution is 7.64. The predicted molar refractivity (Wildman–Crippen MR) is 518 cm³/mol. The van der Waals surface area contributed by atoms with Gasteiger partial charge in [0.05, 0.1) is 22.6 Å². The smallest absolute Gasteiger partial charge is 0.417 e. The number of nitrogens with one attached hydrogen (secondary N) is 9. The Morgan fingerprint density at radius 1 is 0.556 bits per heavy atom. The summed E-state index contributed by atoms with van der Waals surface area (Å²) in [5.74, 6) is -16.3. The number of aliphatic carboxylic acids is 1. The zero-order chi connectivity index (χ0) is 102. The summed E-state index contributed by atoms with van der Waals surface area (Å²) in [4.78, 5) is 144. The van der Waals surface area contributed by atoms with Gasteiger partial charge in [0.2, 0.25) is 71.3 Å². The van der Waals surface area contributed by atoms with E-state index in [1.807, 2.05) is 4.90 Å². The van der Waals surface area contributed by atoms with E-state index in [1.54, 1.807) is 14.1 Å². The van der Waals surface area contributed by atoms with Crippen LogP contribution >= 0.6 is 31.1 Å². The molecule has 11 aliphatic rings. The number of unbranched alkanes of at least 4 members (excludes halogenated alkanes) is 5. The van der Waals surface area contributed by atoms with E-state index < -0.39 is 256 Å². The first-order valence-electron chi connectivity index (χ1n) is 48.6. The van der Waals surface area contributed by atoms with Crippen molar-refractivity contribution in [2.45, 2.75) is 226 Å². The Morgan fingerprint density at radius 3 is 1.82 bits per heavy atom. The van der Waals surface area contributed by atoms with Crippen LogP contribution in [0.1, 0.15) is 185 Å². The molecule has 19 N–H and O–H groups in total. The first-order chi connectivity index (χ1) is 69.1. The first-order valence-corrected chi connectivity index (χ1v) is 51.0. The van der Waals surface area contributed by atoms with Crippen LogP contribution in [0.3, 0.4) is 0 Å². The summed E-state index contributed by atoms with van der Waals surface area (Å²) in [5, 5.41) is 155. The summed E-state index contributed by atoms with van der Waals surface area (Å²) in [6.45, 7) is 7.30. The molecule has 18 atom stereocenters. The van der Waals surface area contributed by atoms with Gasteiger partial charge >= 0.3 is 7.94 Å². The lowest BCUT2D eigenvalue weighted by Gasteiger charge is -2.43. The molecule has 0 saturated carbocycles. The summed E-state index contributed by atoms with van der Waals surface area (Å²) >= 11 is 15.5. The number of aromatic hydroxyl groups is 3. The molecule has 11 heterocycles. The lowest BCUT2D eigenvalue weighted by atomic mass is 9.89. The number of carboxylic acid groups (broad SMARTS) is 1. The van der Waals surface area contributed by atoms with Crippen molar-refractivity contribution >= 4 is 84.4 Å². The summed E-state index contributed by atoms with van der Waals surface area (Å²) in [5.41, 5.74) is -2.29. The number of carbonyl (C=O) groups excluding carboxylic acids is 9. The van der Waals surface area contributed by atoms with E-state index >= 15 is 33.6 Å². The van der Waals surface area contributed by atoms with E-state index in [-0.39, 0.29) is 64.1 Å². The number of phenols is 3. The fourth-order valence-electron chi connectivity index (χ4n) is 19.7. The van der Waals surface area contributed by atoms with Gasteiger partial charge in [-0.05, 0) is 191 Å². The van der Waals surface area contributed by atoms with Crippen molar-refractivity contribution in [2.75, 3.05) is 80.1 Å². The Morgan fingerprint density at radius 2 is 1.17 bits per heavy atom. The molecule has 5 saturated heterocycles. The van der Waals surface area contributed by atoms with Crippen LogP contribution in [0, 0.1) is 5.92 Å². The Hall–Kier alpha value is -11.6. The predicted octanol–water partition coefficient (Wildman–Crippen LogP) is 5.47. The maximum atomic E-state index is 17.4. The van der Waals surface area contributed by atoms with Crippen LogP contribution in [0.2, 0.25) is 10.0 Å². The standard InChI is InChI=1S/C100H122Cl2N13O28P/c1-50(2)19-10-8-6-7-9-11-20-73(120)106-82-85(123)87(125)90(98(134)135)142-99(82)141-89-70-43-55-44-71(89)138-66-30-25-54(41-62(66)101)83(121)81-97(133)110-79(92(128)104-31-18-32-112(4)5)60-45-56(117)46-68(139-100-88(126)86(124)84(122)72(49-116)140-100)74(60)59-40-52(23-28-64(59)118)77(94(130)111-81)107-95(131)78(55)108-96(132)80-61-47-58(48-69(75(61)102)143-144(113-33-12-13-34-113,114-35-14-15-36-114)115-37-16-17-38-115)137-67-42-53(24-29-65(67)119)76(103-3)93(129)105-63(91(127)109-80)39-51-21-26-57(136-70)27-22-51/h21-30,40-48,50,63,72,76-88,90,99-100,103,116,121-126H,6-20,31-39,49H2,1-5H3,(H11-,104,105,106,107,108,109,110,111,117,118,119,120,127,128,129,130,131,132,133,134,135)/t63-,72-,76+,77-,78-,79+,80+,81+,82-,83-,84-,85-,86+,87+,88+,90+,99-,100+/m1/s1. The molecule has 44 heteroatoms. The van der Waals surface area contributed by atoms with E-state index in [0.29, 0.717) is 76.6 Å². The molecule has 0 radical (unpaired) electrons.